The van der Waals surface area contributed by atoms with Crippen molar-refractivity contribution in [2.75, 3.05) is 23.8 Å². The van der Waals surface area contributed by atoms with Gasteiger partial charge in [0.25, 0.3) is 0 Å². The van der Waals surface area contributed by atoms with Crippen LogP contribution in [0, 0.1) is 0 Å². The molecule has 0 bridgehead atoms. The van der Waals surface area contributed by atoms with Crippen LogP contribution in [0.15, 0.2) is 77.5 Å². The quantitative estimate of drug-likeness (QED) is 0.167. The highest BCUT2D eigenvalue weighted by Crippen LogP contribution is 2.14. The summed E-state index contributed by atoms with van der Waals surface area (Å²) in [7, 11) is 0. The number of carbonyl (C=O) groups is 3. The van der Waals surface area contributed by atoms with Gasteiger partial charge in [-0.25, -0.2) is 9.59 Å². The maximum absolute atomic E-state index is 11.3. The highest BCUT2D eigenvalue weighted by molar-refractivity contribution is 6.32. The molecular formula is C27H38N6O6. The van der Waals surface area contributed by atoms with E-state index in [0.29, 0.717) is 5.82 Å². The van der Waals surface area contributed by atoms with Crippen LogP contribution in [-0.2, 0) is 19.1 Å². The first-order chi connectivity index (χ1) is 18.9. The summed E-state index contributed by atoms with van der Waals surface area (Å²) in [4.78, 5) is 33.4. The Bertz CT molecular complexity index is 1110. The Labute approximate surface area is 229 Å². The molecule has 12 nitrogen and oxygen atoms in total. The number of esters is 2. The number of nitrogens with zero attached hydrogens (tertiary/aromatic N) is 2. The highest BCUT2D eigenvalue weighted by Gasteiger charge is 2.16. The largest absolute Gasteiger partial charge is 0.459 e. The van der Waals surface area contributed by atoms with E-state index in [0.717, 1.165) is 11.4 Å². The summed E-state index contributed by atoms with van der Waals surface area (Å²) in [6, 6.07) is 18.7. The summed E-state index contributed by atoms with van der Waals surface area (Å²) in [5.74, 6) is -2.28. The second-order valence-corrected chi connectivity index (χ2v) is 6.39. The lowest BCUT2D eigenvalue weighted by molar-refractivity contribution is -0.154. The van der Waals surface area contributed by atoms with Crippen LogP contribution >= 0.6 is 0 Å². The minimum Gasteiger partial charge on any atom is -0.459 e. The van der Waals surface area contributed by atoms with Crippen LogP contribution in [-0.4, -0.2) is 41.3 Å². The summed E-state index contributed by atoms with van der Waals surface area (Å²) in [6.45, 7) is 15.4. The lowest BCUT2D eigenvalue weighted by Crippen LogP contribution is -2.43. The SMILES string of the molecule is C=C(NNC(=O)C(=O)OCC)Nc1ccccc1.CC.CC.CCOC(=O)c1nnc(Nc2ccccc2)o1. The third-order valence-corrected chi connectivity index (χ3v) is 3.76. The number of amides is 1. The van der Waals surface area contributed by atoms with Crippen molar-refractivity contribution in [3.05, 3.63) is 79.0 Å². The van der Waals surface area contributed by atoms with E-state index in [9.17, 15) is 14.4 Å². The molecule has 0 aliphatic carbocycles. The average Bonchev–Trinajstić information content (AvgIpc) is 3.44. The number of ether oxygens (including phenoxy) is 2. The molecule has 0 radical (unpaired) electrons. The Balaban J connectivity index is 0.000000657. The van der Waals surface area contributed by atoms with E-state index in [4.69, 9.17) is 9.15 Å². The molecule has 0 spiro atoms. The van der Waals surface area contributed by atoms with Crippen molar-refractivity contribution in [3.8, 4) is 0 Å². The number of benzene rings is 2. The molecule has 0 unspecified atom stereocenters. The summed E-state index contributed by atoms with van der Waals surface area (Å²) >= 11 is 0. The summed E-state index contributed by atoms with van der Waals surface area (Å²) in [6.07, 6.45) is 0. The van der Waals surface area contributed by atoms with E-state index in [1.165, 1.54) is 0 Å². The zero-order chi connectivity index (χ0) is 29.5. The topological polar surface area (TPSA) is 157 Å². The van der Waals surface area contributed by atoms with Gasteiger partial charge in [-0.05, 0) is 38.1 Å². The van der Waals surface area contributed by atoms with E-state index >= 15 is 0 Å². The summed E-state index contributed by atoms with van der Waals surface area (Å²) in [5.41, 5.74) is 6.23. The Morgan fingerprint density at radius 2 is 1.33 bits per heavy atom. The van der Waals surface area contributed by atoms with Crippen molar-refractivity contribution in [3.63, 3.8) is 0 Å². The molecule has 0 aliphatic heterocycles. The monoisotopic (exact) mass is 542 g/mol. The Morgan fingerprint density at radius 3 is 1.87 bits per heavy atom. The molecule has 2 aromatic carbocycles. The third-order valence-electron chi connectivity index (χ3n) is 3.76. The van der Waals surface area contributed by atoms with Crippen LogP contribution in [0.2, 0.25) is 0 Å². The number of hydrogen-bond acceptors (Lipinski definition) is 11. The number of para-hydroxylation sites is 2. The van der Waals surface area contributed by atoms with Crippen LogP contribution in [0.5, 0.6) is 0 Å². The maximum atomic E-state index is 11.3. The van der Waals surface area contributed by atoms with Gasteiger partial charge in [-0.15, -0.1) is 0 Å². The predicted octanol–water partition coefficient (Wildman–Crippen LogP) is 4.80. The van der Waals surface area contributed by atoms with Crippen molar-refractivity contribution in [1.29, 1.82) is 0 Å². The fourth-order valence-electron chi connectivity index (χ4n) is 2.30. The third kappa shape index (κ3) is 14.5. The second-order valence-electron chi connectivity index (χ2n) is 6.39. The van der Waals surface area contributed by atoms with Gasteiger partial charge in [0.2, 0.25) is 0 Å². The number of hydrogen-bond donors (Lipinski definition) is 4. The van der Waals surface area contributed by atoms with Crippen molar-refractivity contribution in [2.24, 2.45) is 0 Å². The number of aromatic nitrogens is 2. The second kappa shape index (κ2) is 21.2. The first kappa shape index (κ1) is 34.1. The number of anilines is 3. The Morgan fingerprint density at radius 1 is 0.795 bits per heavy atom. The van der Waals surface area contributed by atoms with Crippen molar-refractivity contribution in [2.45, 2.75) is 41.5 Å². The van der Waals surface area contributed by atoms with Gasteiger partial charge in [-0.3, -0.25) is 15.6 Å². The molecule has 1 heterocycles. The van der Waals surface area contributed by atoms with E-state index in [1.807, 2.05) is 88.4 Å². The molecule has 12 heteroatoms. The van der Waals surface area contributed by atoms with Crippen molar-refractivity contribution in [1.82, 2.24) is 21.0 Å². The zero-order valence-electron chi connectivity index (χ0n) is 23.2. The predicted molar refractivity (Wildman–Crippen MR) is 150 cm³/mol. The number of rotatable bonds is 9. The van der Waals surface area contributed by atoms with Crippen LogP contribution in [0.1, 0.15) is 52.2 Å². The maximum Gasteiger partial charge on any atom is 0.398 e. The standard InChI is InChI=1S/C12H15N3O3.C11H11N3O3.2C2H6/c1-3-18-12(17)11(16)15-14-9(2)13-10-7-5-4-6-8-10;1-2-16-10(15)9-13-14-11(17-9)12-8-6-4-3-5-7-8;2*1-2/h4-8,13-14H,2-3H2,1H3,(H,15,16);3-7H,2H2,1H3,(H,12,14);2*1-2H3. The van der Waals surface area contributed by atoms with Crippen LogP contribution in [0.25, 0.3) is 0 Å². The lowest BCUT2D eigenvalue weighted by atomic mass is 10.3. The van der Waals surface area contributed by atoms with E-state index in [-0.39, 0.29) is 25.1 Å². The molecule has 1 aromatic heterocycles. The first-order valence-electron chi connectivity index (χ1n) is 12.5. The van der Waals surface area contributed by atoms with Gasteiger partial charge in [0.15, 0.2) is 0 Å². The molecule has 39 heavy (non-hydrogen) atoms. The Hall–Kier alpha value is -4.87. The summed E-state index contributed by atoms with van der Waals surface area (Å²) < 4.78 is 14.3. The molecule has 0 fully saturated rings. The normalized spacial score (nSPS) is 8.87. The minimum absolute atomic E-state index is 0.148. The fraction of sp³-hybridized carbons (Fsp3) is 0.296. The minimum atomic E-state index is -0.947. The average molecular weight is 543 g/mol. The van der Waals surface area contributed by atoms with E-state index < -0.39 is 17.8 Å². The van der Waals surface area contributed by atoms with Gasteiger partial charge in [-0.1, -0.05) is 80.9 Å². The molecule has 4 N–H and O–H groups in total. The van der Waals surface area contributed by atoms with E-state index in [1.54, 1.807) is 13.8 Å². The molecule has 0 aliphatic rings. The molecule has 0 saturated heterocycles. The molecule has 0 atom stereocenters. The molecule has 0 saturated carbocycles. The molecule has 3 rings (SSSR count). The van der Waals surface area contributed by atoms with Crippen molar-refractivity contribution >= 4 is 35.2 Å². The van der Waals surface area contributed by atoms with E-state index in [2.05, 4.69) is 43.0 Å². The molecule has 1 amide bonds. The smallest absolute Gasteiger partial charge is 0.398 e. The van der Waals surface area contributed by atoms with Crippen LogP contribution < -0.4 is 21.5 Å². The van der Waals surface area contributed by atoms with Gasteiger partial charge in [-0.2, -0.15) is 0 Å². The highest BCUT2D eigenvalue weighted by atomic mass is 16.5. The fourth-order valence-corrected chi connectivity index (χ4v) is 2.30. The van der Waals surface area contributed by atoms with Gasteiger partial charge in [0, 0.05) is 11.4 Å². The zero-order valence-corrected chi connectivity index (χ0v) is 23.2. The Kier molecular flexibility index (Phi) is 18.6. The van der Waals surface area contributed by atoms with Gasteiger partial charge in [0.05, 0.1) is 13.2 Å². The van der Waals surface area contributed by atoms with Crippen LogP contribution in [0.3, 0.4) is 0 Å². The summed E-state index contributed by atoms with van der Waals surface area (Å²) in [5, 5.41) is 13.0. The lowest BCUT2D eigenvalue weighted by Gasteiger charge is -2.12. The van der Waals surface area contributed by atoms with Gasteiger partial charge >= 0.3 is 29.8 Å². The number of nitrogens with one attached hydrogen (secondary N) is 4. The van der Waals surface area contributed by atoms with Gasteiger partial charge < -0.3 is 24.5 Å². The van der Waals surface area contributed by atoms with Gasteiger partial charge in [0.1, 0.15) is 5.82 Å². The molecule has 3 aromatic rings. The van der Waals surface area contributed by atoms with Crippen molar-refractivity contribution < 1.29 is 28.3 Å². The number of hydrazine groups is 1. The number of carbonyl (C=O) groups excluding carboxylic acids is 3. The first-order valence-corrected chi connectivity index (χ1v) is 12.5. The molecular weight excluding hydrogens is 504 g/mol. The molecule has 212 valence electrons. The van der Waals surface area contributed by atoms with Crippen LogP contribution in [0.4, 0.5) is 17.4 Å².